The first-order valence-electron chi connectivity index (χ1n) is 11.1. The van der Waals surface area contributed by atoms with E-state index in [0.29, 0.717) is 29.1 Å². The third kappa shape index (κ3) is 4.94. The van der Waals surface area contributed by atoms with E-state index in [1.54, 1.807) is 26.6 Å². The van der Waals surface area contributed by atoms with Gasteiger partial charge in [-0.3, -0.25) is 9.29 Å². The maximum Gasteiger partial charge on any atom is 0.239 e. The Morgan fingerprint density at radius 2 is 1.82 bits per heavy atom. The second kappa shape index (κ2) is 10.8. The van der Waals surface area contributed by atoms with Crippen LogP contribution < -0.4 is 14.2 Å². The van der Waals surface area contributed by atoms with Crippen molar-refractivity contribution in [1.29, 1.82) is 0 Å². The van der Waals surface area contributed by atoms with Crippen molar-refractivity contribution in [2.75, 3.05) is 25.5 Å². The van der Waals surface area contributed by atoms with Gasteiger partial charge in [0.1, 0.15) is 28.8 Å². The third-order valence-electron chi connectivity index (χ3n) is 6.11. The second-order valence-corrected chi connectivity index (χ2v) is 9.79. The van der Waals surface area contributed by atoms with E-state index in [4.69, 9.17) is 25.8 Å². The standard InChI is InChI=1S/C23H29ClN6O3S/c1-13(21-25-11-16(24)12-26-21)15(3)34-29-23-28-27-22(17-9-10-33-14(17)2)30(23)20-18(31-4)7-6-8-19(20)32-5/h6-8,11-15,17H,9-10H2,1-5H3,(H,28,29)/t13?,14-,15?,17?/m0/s1. The van der Waals surface area contributed by atoms with Crippen LogP contribution in [0.4, 0.5) is 5.95 Å². The number of methoxy groups -OCH3 is 2. The number of hydrogen-bond donors (Lipinski definition) is 1. The van der Waals surface area contributed by atoms with E-state index in [2.05, 4.69) is 45.7 Å². The summed E-state index contributed by atoms with van der Waals surface area (Å²) in [6.07, 6.45) is 4.13. The predicted octanol–water partition coefficient (Wildman–Crippen LogP) is 4.87. The van der Waals surface area contributed by atoms with Gasteiger partial charge >= 0.3 is 0 Å². The minimum atomic E-state index is 0.0326. The molecule has 0 spiro atoms. The van der Waals surface area contributed by atoms with Gasteiger partial charge in [0.05, 0.1) is 25.3 Å². The van der Waals surface area contributed by atoms with Gasteiger partial charge in [-0.2, -0.15) is 0 Å². The average molecular weight is 505 g/mol. The molecule has 1 aliphatic heterocycles. The summed E-state index contributed by atoms with van der Waals surface area (Å²) in [5, 5.41) is 9.72. The highest BCUT2D eigenvalue weighted by molar-refractivity contribution is 8.01. The summed E-state index contributed by atoms with van der Waals surface area (Å²) in [6, 6.07) is 5.69. The molecule has 0 amide bonds. The molecule has 1 N–H and O–H groups in total. The lowest BCUT2D eigenvalue weighted by Gasteiger charge is -2.22. The highest BCUT2D eigenvalue weighted by Crippen LogP contribution is 2.40. The first-order chi connectivity index (χ1) is 16.4. The Balaban J connectivity index is 1.67. The van der Waals surface area contributed by atoms with E-state index in [-0.39, 0.29) is 23.2 Å². The van der Waals surface area contributed by atoms with Crippen LogP contribution in [0.1, 0.15) is 50.7 Å². The Labute approximate surface area is 208 Å². The van der Waals surface area contributed by atoms with Gasteiger partial charge in [-0.05, 0) is 37.4 Å². The normalized spacial score (nSPS) is 19.6. The predicted molar refractivity (Wildman–Crippen MR) is 133 cm³/mol. The van der Waals surface area contributed by atoms with Gasteiger partial charge in [0.2, 0.25) is 5.95 Å². The molecule has 0 saturated carbocycles. The van der Waals surface area contributed by atoms with Crippen LogP contribution in [0.15, 0.2) is 30.6 Å². The number of aromatic nitrogens is 5. The molecule has 1 aliphatic rings. The Morgan fingerprint density at radius 1 is 1.15 bits per heavy atom. The molecule has 34 heavy (non-hydrogen) atoms. The average Bonchev–Trinajstić information content (AvgIpc) is 3.47. The minimum absolute atomic E-state index is 0.0326. The first kappa shape index (κ1) is 24.6. The maximum absolute atomic E-state index is 5.94. The molecule has 4 rings (SSSR count). The molecule has 2 aromatic heterocycles. The molecule has 0 aliphatic carbocycles. The summed E-state index contributed by atoms with van der Waals surface area (Å²) >= 11 is 7.47. The SMILES string of the molecule is COc1cccc(OC)c1-n1c(NSC(C)C(C)c2ncc(Cl)cn2)nnc1C1CCO[C@H]1C. The van der Waals surface area contributed by atoms with E-state index in [0.717, 1.165) is 23.8 Å². The van der Waals surface area contributed by atoms with Crippen molar-refractivity contribution >= 4 is 29.5 Å². The van der Waals surface area contributed by atoms with Crippen molar-refractivity contribution < 1.29 is 14.2 Å². The number of para-hydroxylation sites is 1. The van der Waals surface area contributed by atoms with Crippen molar-refractivity contribution in [3.8, 4) is 17.2 Å². The Hall–Kier alpha value is -2.56. The molecule has 11 heteroatoms. The van der Waals surface area contributed by atoms with Crippen LogP contribution in [0.5, 0.6) is 11.5 Å². The van der Waals surface area contributed by atoms with Crippen molar-refractivity contribution in [2.45, 2.75) is 50.4 Å². The van der Waals surface area contributed by atoms with Gasteiger partial charge in [0, 0.05) is 36.1 Å². The monoisotopic (exact) mass is 504 g/mol. The fraction of sp³-hybridized carbons (Fsp3) is 0.478. The summed E-state index contributed by atoms with van der Waals surface area (Å²) in [5.41, 5.74) is 0.747. The molecule has 3 aromatic rings. The molecule has 4 atom stereocenters. The number of halogens is 1. The van der Waals surface area contributed by atoms with Crippen LogP contribution >= 0.6 is 23.5 Å². The zero-order valence-electron chi connectivity index (χ0n) is 19.9. The van der Waals surface area contributed by atoms with Crippen LogP contribution in [-0.4, -0.2) is 56.9 Å². The summed E-state index contributed by atoms with van der Waals surface area (Å²) in [4.78, 5) is 8.73. The van der Waals surface area contributed by atoms with E-state index < -0.39 is 0 Å². The van der Waals surface area contributed by atoms with Gasteiger partial charge in [0.25, 0.3) is 0 Å². The van der Waals surface area contributed by atoms with Crippen molar-refractivity contribution in [1.82, 2.24) is 24.7 Å². The molecule has 9 nitrogen and oxygen atoms in total. The Morgan fingerprint density at radius 3 is 2.41 bits per heavy atom. The lowest BCUT2D eigenvalue weighted by molar-refractivity contribution is 0.117. The topological polar surface area (TPSA) is 96.2 Å². The Bertz CT molecular complexity index is 1090. The van der Waals surface area contributed by atoms with Crippen LogP contribution in [0.3, 0.4) is 0 Å². The molecule has 0 radical (unpaired) electrons. The van der Waals surface area contributed by atoms with Crippen LogP contribution in [0, 0.1) is 0 Å². The highest BCUT2D eigenvalue weighted by atomic mass is 35.5. The largest absolute Gasteiger partial charge is 0.494 e. The number of ether oxygens (including phenoxy) is 3. The quantitative estimate of drug-likeness (QED) is 0.409. The van der Waals surface area contributed by atoms with Crippen molar-refractivity contribution in [2.24, 2.45) is 0 Å². The fourth-order valence-corrected chi connectivity index (χ4v) is 4.81. The number of rotatable bonds is 9. The number of nitrogens with zero attached hydrogens (tertiary/aromatic N) is 5. The molecular formula is C23H29ClN6O3S. The van der Waals surface area contributed by atoms with Gasteiger partial charge in [-0.25, -0.2) is 9.97 Å². The number of hydrogen-bond acceptors (Lipinski definition) is 9. The number of benzene rings is 1. The van der Waals surface area contributed by atoms with Crippen molar-refractivity contribution in [3.05, 3.63) is 47.3 Å². The summed E-state index contributed by atoms with van der Waals surface area (Å²) in [5.74, 6) is 3.62. The molecular weight excluding hydrogens is 476 g/mol. The summed E-state index contributed by atoms with van der Waals surface area (Å²) < 4.78 is 22.6. The third-order valence-corrected chi connectivity index (χ3v) is 7.38. The zero-order chi connectivity index (χ0) is 24.2. The first-order valence-corrected chi connectivity index (χ1v) is 12.4. The summed E-state index contributed by atoms with van der Waals surface area (Å²) in [6.45, 7) is 6.95. The number of anilines is 1. The fourth-order valence-electron chi connectivity index (χ4n) is 3.96. The van der Waals surface area contributed by atoms with E-state index >= 15 is 0 Å². The summed E-state index contributed by atoms with van der Waals surface area (Å²) in [7, 11) is 3.28. The maximum atomic E-state index is 5.94. The molecule has 182 valence electrons. The second-order valence-electron chi connectivity index (χ2n) is 8.17. The van der Waals surface area contributed by atoms with Crippen LogP contribution in [0.25, 0.3) is 5.69 Å². The Kier molecular flexibility index (Phi) is 7.80. The van der Waals surface area contributed by atoms with Gasteiger partial charge in [-0.1, -0.05) is 31.5 Å². The van der Waals surface area contributed by atoms with Crippen LogP contribution in [0.2, 0.25) is 5.02 Å². The molecule has 1 fully saturated rings. The molecule has 1 saturated heterocycles. The van der Waals surface area contributed by atoms with Crippen LogP contribution in [-0.2, 0) is 4.74 Å². The minimum Gasteiger partial charge on any atom is -0.494 e. The lowest BCUT2D eigenvalue weighted by atomic mass is 10.0. The molecule has 3 unspecified atom stereocenters. The van der Waals surface area contributed by atoms with Gasteiger partial charge in [-0.15, -0.1) is 10.2 Å². The van der Waals surface area contributed by atoms with E-state index in [9.17, 15) is 0 Å². The zero-order valence-corrected chi connectivity index (χ0v) is 21.4. The van der Waals surface area contributed by atoms with Gasteiger partial charge < -0.3 is 14.2 Å². The molecule has 0 bridgehead atoms. The number of nitrogens with one attached hydrogen (secondary N) is 1. The smallest absolute Gasteiger partial charge is 0.239 e. The molecule has 1 aromatic carbocycles. The van der Waals surface area contributed by atoms with E-state index in [1.807, 2.05) is 22.8 Å². The molecule has 3 heterocycles. The van der Waals surface area contributed by atoms with Crippen molar-refractivity contribution in [3.63, 3.8) is 0 Å². The van der Waals surface area contributed by atoms with Gasteiger partial charge in [0.15, 0.2) is 0 Å². The lowest BCUT2D eigenvalue weighted by Crippen LogP contribution is -2.17. The highest BCUT2D eigenvalue weighted by Gasteiger charge is 2.33. The van der Waals surface area contributed by atoms with E-state index in [1.165, 1.54) is 11.9 Å².